The van der Waals surface area contributed by atoms with Crippen LogP contribution in [0.1, 0.15) is 5.69 Å². The van der Waals surface area contributed by atoms with Crippen molar-refractivity contribution in [3.05, 3.63) is 18.1 Å². The topological polar surface area (TPSA) is 107 Å². The highest BCUT2D eigenvalue weighted by molar-refractivity contribution is 5.49. The molecule has 0 spiro atoms. The molecule has 0 aliphatic heterocycles. The second-order valence-corrected chi connectivity index (χ2v) is 3.09. The van der Waals surface area contributed by atoms with E-state index in [0.29, 0.717) is 17.4 Å². The van der Waals surface area contributed by atoms with E-state index < -0.39 is 0 Å². The number of hydrogen-bond donors (Lipinski definition) is 1. The number of aryl methyl sites for hydroxylation is 1. The van der Waals surface area contributed by atoms with Gasteiger partial charge in [-0.3, -0.25) is 5.10 Å². The fourth-order valence-electron chi connectivity index (χ4n) is 1.20. The highest BCUT2D eigenvalue weighted by atomic mass is 16.5. The van der Waals surface area contributed by atoms with Crippen molar-refractivity contribution in [1.29, 1.82) is 0 Å². The van der Waals surface area contributed by atoms with Gasteiger partial charge in [0.15, 0.2) is 5.82 Å². The summed E-state index contributed by atoms with van der Waals surface area (Å²) in [5.74, 6) is 1.44. The van der Waals surface area contributed by atoms with Gasteiger partial charge in [-0.1, -0.05) is 10.3 Å². The fraction of sp³-hybridized carbons (Fsp3) is 0.125. The summed E-state index contributed by atoms with van der Waals surface area (Å²) >= 11 is 0. The largest absolute Gasteiger partial charge is 0.351 e. The zero-order valence-corrected chi connectivity index (χ0v) is 8.21. The summed E-state index contributed by atoms with van der Waals surface area (Å²) in [5, 5.41) is 13.8. The molecule has 0 aromatic carbocycles. The molecule has 8 nitrogen and oxygen atoms in total. The van der Waals surface area contributed by atoms with Crippen LogP contribution in [0.2, 0.25) is 0 Å². The molecule has 1 N–H and O–H groups in total. The molecule has 0 aliphatic carbocycles. The minimum Gasteiger partial charge on any atom is -0.351 e. The van der Waals surface area contributed by atoms with Crippen LogP contribution in [-0.2, 0) is 0 Å². The van der Waals surface area contributed by atoms with E-state index in [2.05, 4.69) is 30.5 Å². The van der Waals surface area contributed by atoms with E-state index in [1.54, 1.807) is 13.0 Å². The molecule has 3 aromatic heterocycles. The predicted octanol–water partition coefficient (Wildman–Crippen LogP) is 0.818. The smallest absolute Gasteiger partial charge is 0.296 e. The van der Waals surface area contributed by atoms with Crippen LogP contribution in [-0.4, -0.2) is 30.5 Å². The highest BCUT2D eigenvalue weighted by Gasteiger charge is 2.15. The summed E-state index contributed by atoms with van der Waals surface area (Å²) in [5.41, 5.74) is 0.745. The Kier molecular flexibility index (Phi) is 1.79. The van der Waals surface area contributed by atoms with Gasteiger partial charge in [-0.25, -0.2) is 4.98 Å². The number of aromatic amines is 1. The van der Waals surface area contributed by atoms with Crippen LogP contribution in [0.5, 0.6) is 0 Å². The van der Waals surface area contributed by atoms with E-state index in [1.807, 2.05) is 0 Å². The Bertz CT molecular complexity index is 596. The minimum absolute atomic E-state index is 0.256. The van der Waals surface area contributed by atoms with Crippen LogP contribution in [0.25, 0.3) is 23.3 Å². The summed E-state index contributed by atoms with van der Waals surface area (Å²) in [7, 11) is 0. The summed E-state index contributed by atoms with van der Waals surface area (Å²) in [6.45, 7) is 1.81. The molecule has 0 bridgehead atoms. The van der Waals surface area contributed by atoms with E-state index in [0.717, 1.165) is 5.69 Å². The molecule has 8 heteroatoms. The maximum atomic E-state index is 5.01. The zero-order valence-electron chi connectivity index (χ0n) is 8.21. The van der Waals surface area contributed by atoms with Crippen molar-refractivity contribution >= 4 is 0 Å². The van der Waals surface area contributed by atoms with Crippen molar-refractivity contribution in [1.82, 2.24) is 30.5 Å². The summed E-state index contributed by atoms with van der Waals surface area (Å²) < 4.78 is 9.99. The maximum absolute atomic E-state index is 5.01. The zero-order chi connectivity index (χ0) is 11.0. The van der Waals surface area contributed by atoms with Crippen molar-refractivity contribution in [2.45, 2.75) is 6.92 Å². The first-order valence-electron chi connectivity index (χ1n) is 4.46. The van der Waals surface area contributed by atoms with Crippen LogP contribution in [0.3, 0.4) is 0 Å². The second kappa shape index (κ2) is 3.26. The number of hydrogen-bond acceptors (Lipinski definition) is 7. The predicted molar refractivity (Wildman–Crippen MR) is 49.9 cm³/mol. The number of aromatic nitrogens is 6. The lowest BCUT2D eigenvalue weighted by Crippen LogP contribution is -1.83. The quantitative estimate of drug-likeness (QED) is 0.678. The maximum Gasteiger partial charge on any atom is 0.296 e. The first kappa shape index (κ1) is 8.77. The SMILES string of the molecule is Cc1cc(-c2nc(-c3ncn[nH]3)no2)on1. The van der Waals surface area contributed by atoms with E-state index in [-0.39, 0.29) is 5.89 Å². The lowest BCUT2D eigenvalue weighted by Gasteiger charge is -1.81. The van der Waals surface area contributed by atoms with Crippen LogP contribution in [0, 0.1) is 6.92 Å². The van der Waals surface area contributed by atoms with Crippen molar-refractivity contribution in [3.8, 4) is 23.3 Å². The lowest BCUT2D eigenvalue weighted by atomic mass is 10.4. The molecular weight excluding hydrogens is 212 g/mol. The number of nitrogens with one attached hydrogen (secondary N) is 1. The third kappa shape index (κ3) is 1.36. The number of rotatable bonds is 2. The Morgan fingerprint density at radius 2 is 2.19 bits per heavy atom. The summed E-state index contributed by atoms with van der Waals surface area (Å²) in [6, 6.07) is 1.71. The monoisotopic (exact) mass is 218 g/mol. The fourth-order valence-corrected chi connectivity index (χ4v) is 1.20. The molecule has 0 amide bonds. The average Bonchev–Trinajstić information content (AvgIpc) is 2.97. The third-order valence-electron chi connectivity index (χ3n) is 1.89. The number of nitrogens with zero attached hydrogens (tertiary/aromatic N) is 5. The molecule has 0 unspecified atom stereocenters. The van der Waals surface area contributed by atoms with Gasteiger partial charge >= 0.3 is 0 Å². The third-order valence-corrected chi connectivity index (χ3v) is 1.89. The van der Waals surface area contributed by atoms with Gasteiger partial charge in [0.2, 0.25) is 11.6 Å². The Hall–Kier alpha value is -2.51. The molecular formula is C8H6N6O2. The molecule has 3 heterocycles. The normalized spacial score (nSPS) is 10.8. The molecule has 3 rings (SSSR count). The summed E-state index contributed by atoms with van der Waals surface area (Å²) in [6.07, 6.45) is 1.37. The first-order chi connectivity index (χ1) is 7.83. The van der Waals surface area contributed by atoms with Gasteiger partial charge < -0.3 is 9.05 Å². The Morgan fingerprint density at radius 1 is 1.25 bits per heavy atom. The molecule has 0 saturated heterocycles. The molecule has 0 saturated carbocycles. The van der Waals surface area contributed by atoms with Gasteiger partial charge in [0.25, 0.3) is 5.89 Å². The van der Waals surface area contributed by atoms with Gasteiger partial charge in [-0.05, 0) is 6.92 Å². The lowest BCUT2D eigenvalue weighted by molar-refractivity contribution is 0.383. The van der Waals surface area contributed by atoms with Crippen molar-refractivity contribution in [2.75, 3.05) is 0 Å². The van der Waals surface area contributed by atoms with Gasteiger partial charge in [0, 0.05) is 6.07 Å². The van der Waals surface area contributed by atoms with Gasteiger partial charge in [-0.15, -0.1) is 0 Å². The standard InChI is InChI=1S/C8H6N6O2/c1-4-2-5(15-13-4)8-11-7(14-16-8)6-9-3-10-12-6/h2-3H,1H3,(H,9,10,12). The molecule has 80 valence electrons. The minimum atomic E-state index is 0.256. The molecule has 0 fully saturated rings. The van der Waals surface area contributed by atoms with Crippen LogP contribution in [0.4, 0.5) is 0 Å². The molecule has 3 aromatic rings. The van der Waals surface area contributed by atoms with E-state index in [4.69, 9.17) is 9.05 Å². The molecule has 16 heavy (non-hydrogen) atoms. The Balaban J connectivity index is 2.00. The van der Waals surface area contributed by atoms with Gasteiger partial charge in [-0.2, -0.15) is 10.1 Å². The van der Waals surface area contributed by atoms with E-state index in [9.17, 15) is 0 Å². The Labute approximate surface area is 88.7 Å². The average molecular weight is 218 g/mol. The highest BCUT2D eigenvalue weighted by Crippen LogP contribution is 2.20. The van der Waals surface area contributed by atoms with Crippen LogP contribution >= 0.6 is 0 Å². The number of H-pyrrole nitrogens is 1. The van der Waals surface area contributed by atoms with Crippen molar-refractivity contribution < 1.29 is 9.05 Å². The van der Waals surface area contributed by atoms with Crippen LogP contribution < -0.4 is 0 Å². The van der Waals surface area contributed by atoms with Gasteiger partial charge in [0.05, 0.1) is 5.69 Å². The summed E-state index contributed by atoms with van der Waals surface area (Å²) in [4.78, 5) is 7.99. The van der Waals surface area contributed by atoms with Crippen LogP contribution in [0.15, 0.2) is 21.4 Å². The first-order valence-corrected chi connectivity index (χ1v) is 4.46. The molecule has 0 radical (unpaired) electrons. The Morgan fingerprint density at radius 3 is 2.88 bits per heavy atom. The molecule has 0 atom stereocenters. The molecule has 0 aliphatic rings. The van der Waals surface area contributed by atoms with Crippen molar-refractivity contribution in [3.63, 3.8) is 0 Å². The van der Waals surface area contributed by atoms with E-state index in [1.165, 1.54) is 6.33 Å². The van der Waals surface area contributed by atoms with Gasteiger partial charge in [0.1, 0.15) is 6.33 Å². The van der Waals surface area contributed by atoms with E-state index >= 15 is 0 Å². The van der Waals surface area contributed by atoms with Crippen molar-refractivity contribution in [2.24, 2.45) is 0 Å². The second-order valence-electron chi connectivity index (χ2n) is 3.09.